The Morgan fingerprint density at radius 1 is 0.931 bits per heavy atom. The Labute approximate surface area is 169 Å². The van der Waals surface area contributed by atoms with Gasteiger partial charge >= 0.3 is 12.6 Å². The lowest BCUT2D eigenvalue weighted by Gasteiger charge is -2.20. The van der Waals surface area contributed by atoms with Crippen molar-refractivity contribution < 1.29 is 27.8 Å². The molecule has 0 aliphatic rings. The van der Waals surface area contributed by atoms with Gasteiger partial charge in [0.25, 0.3) is 5.91 Å². The Kier molecular flexibility index (Phi) is 7.70. The zero-order chi connectivity index (χ0) is 21.6. The van der Waals surface area contributed by atoms with Gasteiger partial charge in [-0.05, 0) is 35.1 Å². The lowest BCUT2D eigenvalue weighted by molar-refractivity contribution is -0.119. The first-order valence-electron chi connectivity index (χ1n) is 9.34. The quantitative estimate of drug-likeness (QED) is 0.603. The van der Waals surface area contributed by atoms with Crippen LogP contribution in [0, 0.1) is 0 Å². The minimum Gasteiger partial charge on any atom is -0.452 e. The standard InChI is InChI=1S/C22H25F2NO4/c1-13(2)15-9-7-10-16(14(3)4)20(15)25-19(26)12-28-21(27)17-8-5-6-11-18(17)29-22(23)24/h5-11,13-14,22H,12H2,1-4H3,(H,25,26). The number of esters is 1. The van der Waals surface area contributed by atoms with Gasteiger partial charge in [0, 0.05) is 5.69 Å². The second kappa shape index (κ2) is 10.0. The minimum atomic E-state index is -3.07. The number of ether oxygens (including phenoxy) is 2. The molecule has 1 amide bonds. The van der Waals surface area contributed by atoms with Crippen LogP contribution in [-0.2, 0) is 9.53 Å². The molecular formula is C22H25F2NO4. The molecule has 156 valence electrons. The maximum absolute atomic E-state index is 12.5. The largest absolute Gasteiger partial charge is 0.452 e. The first-order chi connectivity index (χ1) is 13.7. The van der Waals surface area contributed by atoms with Gasteiger partial charge in [0.2, 0.25) is 0 Å². The van der Waals surface area contributed by atoms with Crippen molar-refractivity contribution in [3.8, 4) is 5.75 Å². The molecule has 0 spiro atoms. The maximum atomic E-state index is 12.5. The van der Waals surface area contributed by atoms with Gasteiger partial charge in [0.1, 0.15) is 11.3 Å². The molecule has 0 bridgehead atoms. The van der Waals surface area contributed by atoms with Crippen LogP contribution in [0.4, 0.5) is 14.5 Å². The van der Waals surface area contributed by atoms with Crippen molar-refractivity contribution in [3.63, 3.8) is 0 Å². The summed E-state index contributed by atoms with van der Waals surface area (Å²) in [6.45, 7) is 4.47. The Balaban J connectivity index is 2.11. The zero-order valence-electron chi connectivity index (χ0n) is 16.9. The third-order valence-corrected chi connectivity index (χ3v) is 4.29. The van der Waals surface area contributed by atoms with Crippen LogP contribution in [0.1, 0.15) is 61.0 Å². The third kappa shape index (κ3) is 6.01. The summed E-state index contributed by atoms with van der Waals surface area (Å²) in [4.78, 5) is 24.6. The van der Waals surface area contributed by atoms with Gasteiger partial charge in [0.15, 0.2) is 6.61 Å². The molecule has 0 aliphatic carbocycles. The first-order valence-corrected chi connectivity index (χ1v) is 9.34. The fraction of sp³-hybridized carbons (Fsp3) is 0.364. The van der Waals surface area contributed by atoms with Crippen molar-refractivity contribution in [2.24, 2.45) is 0 Å². The van der Waals surface area contributed by atoms with Crippen molar-refractivity contribution in [1.82, 2.24) is 0 Å². The molecule has 2 aromatic rings. The molecule has 0 aromatic heterocycles. The number of para-hydroxylation sites is 2. The Morgan fingerprint density at radius 3 is 2.07 bits per heavy atom. The van der Waals surface area contributed by atoms with Gasteiger partial charge in [-0.15, -0.1) is 0 Å². The summed E-state index contributed by atoms with van der Waals surface area (Å²) in [7, 11) is 0. The lowest BCUT2D eigenvalue weighted by atomic mass is 9.92. The normalized spacial score (nSPS) is 11.1. The van der Waals surface area contributed by atoms with Crippen molar-refractivity contribution in [1.29, 1.82) is 0 Å². The van der Waals surface area contributed by atoms with Gasteiger partial charge in [-0.1, -0.05) is 58.0 Å². The monoisotopic (exact) mass is 405 g/mol. The van der Waals surface area contributed by atoms with Crippen LogP contribution in [0.15, 0.2) is 42.5 Å². The van der Waals surface area contributed by atoms with Gasteiger partial charge in [-0.2, -0.15) is 8.78 Å². The summed E-state index contributed by atoms with van der Waals surface area (Å²) in [6.07, 6.45) is 0. The predicted octanol–water partition coefficient (Wildman–Crippen LogP) is 5.33. The number of hydrogen-bond donors (Lipinski definition) is 1. The molecule has 2 aromatic carbocycles. The summed E-state index contributed by atoms with van der Waals surface area (Å²) < 4.78 is 34.3. The summed E-state index contributed by atoms with van der Waals surface area (Å²) in [5, 5.41) is 2.83. The van der Waals surface area contributed by atoms with E-state index in [1.54, 1.807) is 0 Å². The average molecular weight is 405 g/mol. The molecule has 2 rings (SSSR count). The van der Waals surface area contributed by atoms with Gasteiger partial charge in [-0.25, -0.2) is 4.79 Å². The fourth-order valence-electron chi connectivity index (χ4n) is 2.91. The Morgan fingerprint density at radius 2 is 1.52 bits per heavy atom. The number of anilines is 1. The molecule has 1 N–H and O–H groups in total. The van der Waals surface area contributed by atoms with Crippen LogP contribution in [0.5, 0.6) is 5.75 Å². The minimum absolute atomic E-state index is 0.175. The molecule has 0 radical (unpaired) electrons. The molecule has 0 unspecified atom stereocenters. The smallest absolute Gasteiger partial charge is 0.387 e. The van der Waals surface area contributed by atoms with Crippen LogP contribution in [0.25, 0.3) is 0 Å². The molecule has 0 aliphatic heterocycles. The number of carbonyl (C=O) groups excluding carboxylic acids is 2. The van der Waals surface area contributed by atoms with Crippen LogP contribution in [0.3, 0.4) is 0 Å². The van der Waals surface area contributed by atoms with E-state index in [1.807, 2.05) is 45.9 Å². The SMILES string of the molecule is CC(C)c1cccc(C(C)C)c1NC(=O)COC(=O)c1ccccc1OC(F)F. The highest BCUT2D eigenvalue weighted by Gasteiger charge is 2.19. The van der Waals surface area contributed by atoms with E-state index >= 15 is 0 Å². The molecule has 0 heterocycles. The summed E-state index contributed by atoms with van der Waals surface area (Å²) in [6, 6.07) is 11.3. The molecular weight excluding hydrogens is 380 g/mol. The van der Waals surface area contributed by atoms with Crippen LogP contribution in [-0.4, -0.2) is 25.1 Å². The zero-order valence-corrected chi connectivity index (χ0v) is 16.9. The molecule has 29 heavy (non-hydrogen) atoms. The number of nitrogens with one attached hydrogen (secondary N) is 1. The van der Waals surface area contributed by atoms with Crippen LogP contribution >= 0.6 is 0 Å². The number of benzene rings is 2. The molecule has 7 heteroatoms. The van der Waals surface area contributed by atoms with E-state index in [2.05, 4.69) is 10.1 Å². The highest BCUT2D eigenvalue weighted by atomic mass is 19.3. The molecule has 5 nitrogen and oxygen atoms in total. The Hall–Kier alpha value is -2.96. The highest BCUT2D eigenvalue weighted by molar-refractivity contribution is 5.97. The van der Waals surface area contributed by atoms with Gasteiger partial charge in [-0.3, -0.25) is 4.79 Å². The maximum Gasteiger partial charge on any atom is 0.387 e. The van der Waals surface area contributed by atoms with Crippen molar-refractivity contribution in [2.45, 2.75) is 46.1 Å². The van der Waals surface area contributed by atoms with Crippen molar-refractivity contribution in [2.75, 3.05) is 11.9 Å². The second-order valence-corrected chi connectivity index (χ2v) is 7.12. The van der Waals surface area contributed by atoms with E-state index in [0.29, 0.717) is 5.69 Å². The summed E-state index contributed by atoms with van der Waals surface area (Å²) >= 11 is 0. The van der Waals surface area contributed by atoms with Crippen molar-refractivity contribution >= 4 is 17.6 Å². The van der Waals surface area contributed by atoms with Crippen LogP contribution in [0.2, 0.25) is 0 Å². The third-order valence-electron chi connectivity index (χ3n) is 4.29. The Bertz CT molecular complexity index is 839. The predicted molar refractivity (Wildman–Crippen MR) is 107 cm³/mol. The summed E-state index contributed by atoms with van der Waals surface area (Å²) in [5.41, 5.74) is 2.49. The number of carbonyl (C=O) groups is 2. The van der Waals surface area contributed by atoms with Gasteiger partial charge in [0.05, 0.1) is 0 Å². The number of halogens is 2. The molecule has 0 saturated carbocycles. The number of rotatable bonds is 8. The van der Waals surface area contributed by atoms with E-state index in [-0.39, 0.29) is 23.1 Å². The number of hydrogen-bond acceptors (Lipinski definition) is 4. The van der Waals surface area contributed by atoms with E-state index in [1.165, 1.54) is 24.3 Å². The van der Waals surface area contributed by atoms with E-state index in [9.17, 15) is 18.4 Å². The first kappa shape index (κ1) is 22.3. The molecule has 0 fully saturated rings. The molecule has 0 atom stereocenters. The lowest BCUT2D eigenvalue weighted by Crippen LogP contribution is -2.23. The van der Waals surface area contributed by atoms with Gasteiger partial charge < -0.3 is 14.8 Å². The van der Waals surface area contributed by atoms with E-state index in [0.717, 1.165) is 11.1 Å². The fourth-order valence-corrected chi connectivity index (χ4v) is 2.91. The van der Waals surface area contributed by atoms with E-state index in [4.69, 9.17) is 4.74 Å². The highest BCUT2D eigenvalue weighted by Crippen LogP contribution is 2.32. The topological polar surface area (TPSA) is 64.6 Å². The second-order valence-electron chi connectivity index (χ2n) is 7.12. The van der Waals surface area contributed by atoms with Crippen molar-refractivity contribution in [3.05, 3.63) is 59.2 Å². The van der Waals surface area contributed by atoms with Crippen LogP contribution < -0.4 is 10.1 Å². The number of alkyl halides is 2. The molecule has 0 saturated heterocycles. The summed E-state index contributed by atoms with van der Waals surface area (Å²) in [5.74, 6) is -1.37. The van der Waals surface area contributed by atoms with E-state index < -0.39 is 25.1 Å². The number of amides is 1. The average Bonchev–Trinajstić information content (AvgIpc) is 2.65.